The highest BCUT2D eigenvalue weighted by Gasteiger charge is 2.46. The van der Waals surface area contributed by atoms with Crippen molar-refractivity contribution in [3.05, 3.63) is 58.9 Å². The fourth-order valence-corrected chi connectivity index (χ4v) is 4.12. The lowest BCUT2D eigenvalue weighted by atomic mass is 9.72. The molecule has 1 aromatic carbocycles. The van der Waals surface area contributed by atoms with E-state index in [-0.39, 0.29) is 23.9 Å². The Morgan fingerprint density at radius 2 is 1.89 bits per heavy atom. The average Bonchev–Trinajstić information content (AvgIpc) is 3.47. The molecule has 0 bridgehead atoms. The summed E-state index contributed by atoms with van der Waals surface area (Å²) in [6.45, 7) is 6.47. The molecule has 2 aliphatic rings. The van der Waals surface area contributed by atoms with Gasteiger partial charge in [0.25, 0.3) is 0 Å². The van der Waals surface area contributed by atoms with E-state index in [9.17, 15) is 9.59 Å². The highest BCUT2D eigenvalue weighted by Crippen LogP contribution is 2.44. The molecule has 4 nitrogen and oxygen atoms in total. The summed E-state index contributed by atoms with van der Waals surface area (Å²) in [5.41, 5.74) is 3.72. The first-order chi connectivity index (χ1) is 13.3. The zero-order valence-corrected chi connectivity index (χ0v) is 16.8. The van der Waals surface area contributed by atoms with Crippen molar-refractivity contribution in [2.75, 3.05) is 0 Å². The minimum absolute atomic E-state index is 0.0189. The van der Waals surface area contributed by atoms with Crippen molar-refractivity contribution in [1.82, 2.24) is 4.98 Å². The smallest absolute Gasteiger partial charge is 0.147 e. The van der Waals surface area contributed by atoms with Crippen molar-refractivity contribution in [3.8, 4) is 5.75 Å². The van der Waals surface area contributed by atoms with E-state index in [2.05, 4.69) is 23.2 Å². The topological polar surface area (TPSA) is 56.3 Å². The number of Topliss-reactive ketones (excluding diaryl/α,β-unsaturated/α-hetero) is 2. The van der Waals surface area contributed by atoms with Crippen LogP contribution < -0.4 is 4.74 Å². The second kappa shape index (κ2) is 7.16. The number of rotatable bonds is 6. The molecular weight excluding hydrogens is 350 g/mol. The molecule has 1 aromatic heterocycles. The summed E-state index contributed by atoms with van der Waals surface area (Å²) >= 11 is 0. The van der Waals surface area contributed by atoms with Crippen LogP contribution in [0.3, 0.4) is 0 Å². The molecule has 0 N–H and O–H groups in total. The van der Waals surface area contributed by atoms with Gasteiger partial charge >= 0.3 is 0 Å². The number of hydrogen-bond donors (Lipinski definition) is 0. The number of benzene rings is 1. The van der Waals surface area contributed by atoms with Gasteiger partial charge in [-0.2, -0.15) is 0 Å². The number of pyridine rings is 1. The molecule has 4 rings (SSSR count). The lowest BCUT2D eigenvalue weighted by Crippen LogP contribution is -2.28. The number of nitrogens with zero attached hydrogens (tertiary/aromatic N) is 1. The van der Waals surface area contributed by atoms with Gasteiger partial charge in [0.15, 0.2) is 0 Å². The van der Waals surface area contributed by atoms with Crippen LogP contribution in [-0.4, -0.2) is 16.6 Å². The summed E-state index contributed by atoms with van der Waals surface area (Å²) in [4.78, 5) is 28.6. The van der Waals surface area contributed by atoms with E-state index in [4.69, 9.17) is 4.74 Å². The van der Waals surface area contributed by atoms with Gasteiger partial charge in [-0.05, 0) is 36.8 Å². The SMILES string of the molecule is Cc1cc(OCc2ccc([C@@H](C)C3(C)CC(=O)CC3=O)cc2)cc(C2CC2)n1. The van der Waals surface area contributed by atoms with Gasteiger partial charge in [0.1, 0.15) is 23.9 Å². The summed E-state index contributed by atoms with van der Waals surface area (Å²) in [7, 11) is 0. The van der Waals surface area contributed by atoms with Gasteiger partial charge in [0.05, 0.1) is 6.42 Å². The molecule has 4 heteroatoms. The molecule has 28 heavy (non-hydrogen) atoms. The fourth-order valence-electron chi connectivity index (χ4n) is 4.12. The van der Waals surface area contributed by atoms with Crippen molar-refractivity contribution in [2.45, 2.75) is 64.9 Å². The molecule has 0 amide bonds. The standard InChI is InChI=1S/C24H27NO3/c1-15-10-21(12-22(25-15)19-8-9-19)28-14-17-4-6-18(7-5-17)16(2)24(3)13-20(26)11-23(24)27/h4-7,10,12,16,19H,8-9,11,13-14H2,1-3H3/t16-,24?/m1/s1. The molecule has 1 unspecified atom stereocenters. The first kappa shape index (κ1) is 18.9. The van der Waals surface area contributed by atoms with Crippen molar-refractivity contribution in [3.63, 3.8) is 0 Å². The lowest BCUT2D eigenvalue weighted by Gasteiger charge is -2.29. The van der Waals surface area contributed by atoms with Crippen molar-refractivity contribution in [1.29, 1.82) is 0 Å². The Morgan fingerprint density at radius 3 is 2.50 bits per heavy atom. The Hall–Kier alpha value is -2.49. The van der Waals surface area contributed by atoms with Crippen LogP contribution in [0.15, 0.2) is 36.4 Å². The molecule has 0 radical (unpaired) electrons. The second-order valence-electron chi connectivity index (χ2n) is 8.63. The number of ether oxygens (including phenoxy) is 1. The number of carbonyl (C=O) groups is 2. The monoisotopic (exact) mass is 377 g/mol. The Balaban J connectivity index is 1.42. The number of carbonyl (C=O) groups excluding carboxylic acids is 2. The van der Waals surface area contributed by atoms with E-state index in [1.54, 1.807) is 0 Å². The number of ketones is 2. The third kappa shape index (κ3) is 3.73. The van der Waals surface area contributed by atoms with Crippen LogP contribution in [0.1, 0.15) is 73.9 Å². The van der Waals surface area contributed by atoms with Gasteiger partial charge in [-0.25, -0.2) is 0 Å². The Labute approximate surface area is 166 Å². The minimum atomic E-state index is -0.580. The summed E-state index contributed by atoms with van der Waals surface area (Å²) in [5.74, 6) is 1.62. The van der Waals surface area contributed by atoms with Crippen molar-refractivity contribution in [2.24, 2.45) is 5.41 Å². The third-order valence-electron chi connectivity index (χ3n) is 6.34. The lowest BCUT2D eigenvalue weighted by molar-refractivity contribution is -0.126. The first-order valence-electron chi connectivity index (χ1n) is 10.1. The van der Waals surface area contributed by atoms with Crippen LogP contribution in [0.5, 0.6) is 5.75 Å². The molecule has 0 spiro atoms. The van der Waals surface area contributed by atoms with Crippen molar-refractivity contribution < 1.29 is 14.3 Å². The highest BCUT2D eigenvalue weighted by molar-refractivity contribution is 6.09. The molecular formula is C24H27NO3. The van der Waals surface area contributed by atoms with Crippen molar-refractivity contribution >= 4 is 11.6 Å². The van der Waals surface area contributed by atoms with Gasteiger partial charge in [0, 0.05) is 41.3 Å². The van der Waals surface area contributed by atoms with E-state index in [1.807, 2.05) is 39.0 Å². The Morgan fingerprint density at radius 1 is 1.18 bits per heavy atom. The van der Waals surface area contributed by atoms with Gasteiger partial charge in [-0.15, -0.1) is 0 Å². The predicted octanol–water partition coefficient (Wildman–Crippen LogP) is 4.89. The second-order valence-corrected chi connectivity index (χ2v) is 8.63. The van der Waals surface area contributed by atoms with E-state index < -0.39 is 5.41 Å². The zero-order valence-electron chi connectivity index (χ0n) is 16.8. The molecule has 2 fully saturated rings. The van der Waals surface area contributed by atoms with Gasteiger partial charge < -0.3 is 4.74 Å². The highest BCUT2D eigenvalue weighted by atomic mass is 16.5. The predicted molar refractivity (Wildman–Crippen MR) is 107 cm³/mol. The van der Waals surface area contributed by atoms with E-state index in [0.717, 1.165) is 28.3 Å². The molecule has 0 aliphatic heterocycles. The van der Waals surface area contributed by atoms with Gasteiger partial charge in [0.2, 0.25) is 0 Å². The molecule has 1 heterocycles. The maximum Gasteiger partial charge on any atom is 0.147 e. The Bertz CT molecular complexity index is 914. The summed E-state index contributed by atoms with van der Waals surface area (Å²) in [6.07, 6.45) is 2.88. The van der Waals surface area contributed by atoms with E-state index in [0.29, 0.717) is 18.9 Å². The van der Waals surface area contributed by atoms with Gasteiger partial charge in [-0.3, -0.25) is 14.6 Å². The largest absolute Gasteiger partial charge is 0.489 e. The molecule has 2 atom stereocenters. The quantitative estimate of drug-likeness (QED) is 0.673. The molecule has 146 valence electrons. The normalized spacial score (nSPS) is 23.1. The van der Waals surface area contributed by atoms with Crippen LogP contribution in [0.2, 0.25) is 0 Å². The van der Waals surface area contributed by atoms with E-state index in [1.165, 1.54) is 12.8 Å². The maximum atomic E-state index is 12.3. The summed E-state index contributed by atoms with van der Waals surface area (Å²) in [5, 5.41) is 0. The number of aromatic nitrogens is 1. The van der Waals surface area contributed by atoms with Crippen LogP contribution in [0.4, 0.5) is 0 Å². The van der Waals surface area contributed by atoms with E-state index >= 15 is 0 Å². The number of aryl methyl sites for hydroxylation is 1. The summed E-state index contributed by atoms with van der Waals surface area (Å²) in [6, 6.07) is 12.2. The van der Waals surface area contributed by atoms with Crippen LogP contribution in [0.25, 0.3) is 0 Å². The molecule has 0 saturated heterocycles. The van der Waals surface area contributed by atoms with Crippen LogP contribution >= 0.6 is 0 Å². The first-order valence-corrected chi connectivity index (χ1v) is 10.1. The third-order valence-corrected chi connectivity index (χ3v) is 6.34. The molecule has 2 aliphatic carbocycles. The average molecular weight is 377 g/mol. The Kier molecular flexibility index (Phi) is 4.82. The van der Waals surface area contributed by atoms with Crippen LogP contribution in [0, 0.1) is 12.3 Å². The maximum absolute atomic E-state index is 12.3. The molecule has 2 aromatic rings. The fraction of sp³-hybridized carbons (Fsp3) is 0.458. The number of hydrogen-bond acceptors (Lipinski definition) is 4. The van der Waals surface area contributed by atoms with Gasteiger partial charge in [-0.1, -0.05) is 38.1 Å². The minimum Gasteiger partial charge on any atom is -0.489 e. The van der Waals surface area contributed by atoms with Crippen LogP contribution in [-0.2, 0) is 16.2 Å². The summed E-state index contributed by atoms with van der Waals surface area (Å²) < 4.78 is 6.00. The zero-order chi connectivity index (χ0) is 19.9. The molecule has 2 saturated carbocycles.